The molecule has 0 aliphatic heterocycles. The molecule has 0 N–H and O–H groups in total. The van der Waals surface area contributed by atoms with Crippen LogP contribution in [0, 0.1) is 5.92 Å². The Balaban J connectivity index is 1.72. The molecule has 18 heavy (non-hydrogen) atoms. The zero-order chi connectivity index (χ0) is 12.8. The van der Waals surface area contributed by atoms with Crippen molar-refractivity contribution in [2.24, 2.45) is 5.92 Å². The quantitative estimate of drug-likeness (QED) is 0.707. The predicted octanol–water partition coefficient (Wildman–Crippen LogP) is 4.76. The van der Waals surface area contributed by atoms with E-state index in [9.17, 15) is 4.39 Å². The van der Waals surface area contributed by atoms with Crippen molar-refractivity contribution in [3.8, 4) is 5.75 Å². The van der Waals surface area contributed by atoms with E-state index in [-0.39, 0.29) is 6.61 Å². The van der Waals surface area contributed by atoms with Crippen LogP contribution in [-0.4, -0.2) is 12.3 Å². The Morgan fingerprint density at radius 1 is 1.22 bits per heavy atom. The van der Waals surface area contributed by atoms with Gasteiger partial charge in [-0.05, 0) is 37.8 Å². The summed E-state index contributed by atoms with van der Waals surface area (Å²) >= 11 is 0. The van der Waals surface area contributed by atoms with Crippen molar-refractivity contribution in [1.82, 2.24) is 0 Å². The second kappa shape index (κ2) is 6.21. The number of hydrogen-bond donors (Lipinski definition) is 0. The predicted molar refractivity (Wildman–Crippen MR) is 72.6 cm³/mol. The Labute approximate surface area is 109 Å². The summed E-state index contributed by atoms with van der Waals surface area (Å²) in [5, 5.41) is 0. The molecule has 1 aromatic carbocycles. The SMILES string of the molecule is CC(F)(CCC1CCCC1)COc1ccccc1. The maximum atomic E-state index is 14.3. The minimum atomic E-state index is -1.21. The summed E-state index contributed by atoms with van der Waals surface area (Å²) in [4.78, 5) is 0. The first kappa shape index (κ1) is 13.4. The zero-order valence-corrected chi connectivity index (χ0v) is 11.2. The highest BCUT2D eigenvalue weighted by atomic mass is 19.1. The highest BCUT2D eigenvalue weighted by Crippen LogP contribution is 2.32. The van der Waals surface area contributed by atoms with E-state index in [1.54, 1.807) is 6.92 Å². The summed E-state index contributed by atoms with van der Waals surface area (Å²) in [7, 11) is 0. The van der Waals surface area contributed by atoms with Crippen LogP contribution in [0.5, 0.6) is 5.75 Å². The summed E-state index contributed by atoms with van der Waals surface area (Å²) in [6.45, 7) is 1.81. The van der Waals surface area contributed by atoms with Gasteiger partial charge in [-0.3, -0.25) is 0 Å². The van der Waals surface area contributed by atoms with Crippen LogP contribution in [0.1, 0.15) is 45.4 Å². The lowest BCUT2D eigenvalue weighted by Crippen LogP contribution is -2.27. The first-order valence-electron chi connectivity index (χ1n) is 7.02. The van der Waals surface area contributed by atoms with Crippen LogP contribution in [0.2, 0.25) is 0 Å². The lowest BCUT2D eigenvalue weighted by molar-refractivity contribution is 0.0864. The fourth-order valence-electron chi connectivity index (χ4n) is 2.63. The topological polar surface area (TPSA) is 9.23 Å². The first-order chi connectivity index (χ1) is 8.66. The van der Waals surface area contributed by atoms with E-state index in [0.717, 1.165) is 18.1 Å². The number of benzene rings is 1. The number of alkyl halides is 1. The van der Waals surface area contributed by atoms with Gasteiger partial charge < -0.3 is 4.74 Å². The van der Waals surface area contributed by atoms with Crippen LogP contribution in [0.15, 0.2) is 30.3 Å². The number of hydrogen-bond acceptors (Lipinski definition) is 1. The summed E-state index contributed by atoms with van der Waals surface area (Å²) in [5.41, 5.74) is -1.21. The molecule has 0 aromatic heterocycles. The van der Waals surface area contributed by atoms with Gasteiger partial charge in [-0.15, -0.1) is 0 Å². The smallest absolute Gasteiger partial charge is 0.142 e. The second-order valence-corrected chi connectivity index (χ2v) is 5.70. The van der Waals surface area contributed by atoms with Gasteiger partial charge in [-0.25, -0.2) is 4.39 Å². The molecule has 1 aliphatic carbocycles. The Kier molecular flexibility index (Phi) is 4.62. The zero-order valence-electron chi connectivity index (χ0n) is 11.2. The Morgan fingerprint density at radius 3 is 2.56 bits per heavy atom. The molecule has 100 valence electrons. The third-order valence-corrected chi connectivity index (χ3v) is 3.83. The number of ether oxygens (including phenoxy) is 1. The van der Waals surface area contributed by atoms with Gasteiger partial charge in [0.05, 0.1) is 0 Å². The molecule has 1 fully saturated rings. The molecule has 2 heteroatoms. The molecule has 0 bridgehead atoms. The number of halogens is 1. The molecule has 1 nitrogen and oxygen atoms in total. The van der Waals surface area contributed by atoms with Gasteiger partial charge in [0.1, 0.15) is 18.0 Å². The third-order valence-electron chi connectivity index (χ3n) is 3.83. The van der Waals surface area contributed by atoms with Crippen LogP contribution in [0.25, 0.3) is 0 Å². The maximum absolute atomic E-state index is 14.3. The van der Waals surface area contributed by atoms with Crippen molar-refractivity contribution in [3.05, 3.63) is 30.3 Å². The number of para-hydroxylation sites is 1. The van der Waals surface area contributed by atoms with E-state index in [4.69, 9.17) is 4.74 Å². The fourth-order valence-corrected chi connectivity index (χ4v) is 2.63. The van der Waals surface area contributed by atoms with Crippen molar-refractivity contribution in [1.29, 1.82) is 0 Å². The van der Waals surface area contributed by atoms with E-state index in [0.29, 0.717) is 6.42 Å². The van der Waals surface area contributed by atoms with Crippen molar-refractivity contribution >= 4 is 0 Å². The van der Waals surface area contributed by atoms with Gasteiger partial charge in [-0.2, -0.15) is 0 Å². The van der Waals surface area contributed by atoms with Crippen molar-refractivity contribution in [2.45, 2.75) is 51.1 Å². The summed E-state index contributed by atoms with van der Waals surface area (Å²) < 4.78 is 19.8. The molecule has 0 radical (unpaired) electrons. The van der Waals surface area contributed by atoms with Gasteiger partial charge >= 0.3 is 0 Å². The molecule has 0 saturated heterocycles. The van der Waals surface area contributed by atoms with Gasteiger partial charge in [0.15, 0.2) is 0 Å². The molecule has 0 spiro atoms. The van der Waals surface area contributed by atoms with Crippen LogP contribution in [0.4, 0.5) is 4.39 Å². The molecule has 1 aromatic rings. The molecule has 0 amide bonds. The van der Waals surface area contributed by atoms with Crippen molar-refractivity contribution in [2.75, 3.05) is 6.61 Å². The molecule has 1 atom stereocenters. The molecular weight excluding hydrogens is 227 g/mol. The third kappa shape index (κ3) is 4.32. The molecule has 1 unspecified atom stereocenters. The Bertz CT molecular complexity index is 341. The Hall–Kier alpha value is -1.05. The van der Waals surface area contributed by atoms with Crippen molar-refractivity contribution < 1.29 is 9.13 Å². The van der Waals surface area contributed by atoms with E-state index < -0.39 is 5.67 Å². The molecule has 0 heterocycles. The van der Waals surface area contributed by atoms with Crippen molar-refractivity contribution in [3.63, 3.8) is 0 Å². The van der Waals surface area contributed by atoms with E-state index in [1.807, 2.05) is 30.3 Å². The summed E-state index contributed by atoms with van der Waals surface area (Å²) in [6.07, 6.45) is 6.85. The van der Waals surface area contributed by atoms with E-state index >= 15 is 0 Å². The second-order valence-electron chi connectivity index (χ2n) is 5.70. The van der Waals surface area contributed by atoms with Gasteiger partial charge in [0, 0.05) is 0 Å². The summed E-state index contributed by atoms with van der Waals surface area (Å²) in [5.74, 6) is 1.50. The minimum absolute atomic E-state index is 0.156. The minimum Gasteiger partial charge on any atom is -0.490 e. The van der Waals surface area contributed by atoms with Crippen LogP contribution >= 0.6 is 0 Å². The highest BCUT2D eigenvalue weighted by Gasteiger charge is 2.26. The average Bonchev–Trinajstić information content (AvgIpc) is 2.89. The molecular formula is C16H23FO. The van der Waals surface area contributed by atoms with E-state index in [2.05, 4.69) is 0 Å². The van der Waals surface area contributed by atoms with Gasteiger partial charge in [0.2, 0.25) is 0 Å². The standard InChI is InChI=1S/C16H23FO/c1-16(17,12-11-14-7-5-6-8-14)13-18-15-9-3-2-4-10-15/h2-4,9-10,14H,5-8,11-13H2,1H3. The number of rotatable bonds is 6. The maximum Gasteiger partial charge on any atom is 0.142 e. The largest absolute Gasteiger partial charge is 0.490 e. The molecule has 1 aliphatic rings. The Morgan fingerprint density at radius 2 is 1.89 bits per heavy atom. The molecule has 2 rings (SSSR count). The first-order valence-corrected chi connectivity index (χ1v) is 7.02. The highest BCUT2D eigenvalue weighted by molar-refractivity contribution is 5.21. The lowest BCUT2D eigenvalue weighted by atomic mass is 9.94. The van der Waals surface area contributed by atoms with Crippen LogP contribution in [-0.2, 0) is 0 Å². The molecule has 1 saturated carbocycles. The fraction of sp³-hybridized carbons (Fsp3) is 0.625. The van der Waals surface area contributed by atoms with E-state index in [1.165, 1.54) is 25.7 Å². The van der Waals surface area contributed by atoms with Crippen LogP contribution in [0.3, 0.4) is 0 Å². The van der Waals surface area contributed by atoms with Gasteiger partial charge in [-0.1, -0.05) is 43.9 Å². The normalized spacial score (nSPS) is 19.7. The monoisotopic (exact) mass is 250 g/mol. The summed E-state index contributed by atoms with van der Waals surface area (Å²) in [6, 6.07) is 9.48. The average molecular weight is 250 g/mol. The lowest BCUT2D eigenvalue weighted by Gasteiger charge is -2.22. The van der Waals surface area contributed by atoms with Gasteiger partial charge in [0.25, 0.3) is 0 Å². The van der Waals surface area contributed by atoms with Crippen LogP contribution < -0.4 is 4.74 Å².